The molecule has 1 aliphatic carbocycles. The molecule has 2 aliphatic rings. The third kappa shape index (κ3) is 6.02. The smallest absolute Gasteiger partial charge is 0.350 e. The lowest BCUT2D eigenvalue weighted by Gasteiger charge is -2.29. The van der Waals surface area contributed by atoms with E-state index < -0.39 is 44.4 Å². The molecule has 0 unspecified atom stereocenters. The van der Waals surface area contributed by atoms with Crippen LogP contribution in [0.2, 0.25) is 0 Å². The number of anilines is 1. The first-order valence-corrected chi connectivity index (χ1v) is 12.9. The van der Waals surface area contributed by atoms with Gasteiger partial charge in [-0.15, -0.1) is 0 Å². The Kier molecular flexibility index (Phi) is 7.53. The number of ether oxygens (including phenoxy) is 2. The van der Waals surface area contributed by atoms with E-state index in [2.05, 4.69) is 20.3 Å². The van der Waals surface area contributed by atoms with Crippen molar-refractivity contribution in [2.45, 2.75) is 62.2 Å². The Labute approximate surface area is 199 Å². The van der Waals surface area contributed by atoms with Crippen LogP contribution in [0, 0.1) is 0 Å². The number of fused-ring (bicyclic) bond motifs is 1. The number of hydrogen-bond acceptors (Lipinski definition) is 9. The summed E-state index contributed by atoms with van der Waals surface area (Å²) in [6.45, 7) is -0.346. The summed E-state index contributed by atoms with van der Waals surface area (Å²) >= 11 is 0. The van der Waals surface area contributed by atoms with Crippen molar-refractivity contribution >= 4 is 30.7 Å². The largest absolute Gasteiger partial charge is 0.387 e. The Hall–Kier alpha value is -2.06. The van der Waals surface area contributed by atoms with Gasteiger partial charge in [0.2, 0.25) is 5.92 Å². The molecule has 0 aromatic carbocycles. The first kappa shape index (κ1) is 26.0. The average Bonchev–Trinajstić information content (AvgIpc) is 3.31. The number of nitrogens with zero attached hydrogens (tertiary/aromatic N) is 4. The molecule has 35 heavy (non-hydrogen) atoms. The predicted octanol–water partition coefficient (Wildman–Crippen LogP) is 1.24. The van der Waals surface area contributed by atoms with Crippen LogP contribution in [-0.2, 0) is 14.0 Å². The number of aliphatic imine (C=N–C) groups is 1. The normalized spacial score (nSPS) is 27.7. The number of aliphatic hydroxyl groups is 2. The van der Waals surface area contributed by atoms with Crippen LogP contribution < -0.4 is 5.32 Å². The standard InChI is InChI=1S/C20H28F2N5O7P/c1-23-8-14-25-17(24-11-2-5-20(21,22)6-3-11)12-4-7-27(18(12)26-14)19-16(29)15(28)13(34-19)9-33-10-35(30,31)32/h4,7-8,11,13,15-16,19,28-29H,2-3,5-6,9-10H2,1H3,(H,24,25,26)(H2,30,31,32)/t13-,15-,16-,19-/m1/s1. The fraction of sp³-hybridized carbons (Fsp3) is 0.650. The van der Waals surface area contributed by atoms with Crippen molar-refractivity contribution < 1.29 is 42.8 Å². The number of hydrogen-bond donors (Lipinski definition) is 5. The quantitative estimate of drug-likeness (QED) is 0.252. The molecule has 4 rings (SSSR count). The van der Waals surface area contributed by atoms with Gasteiger partial charge in [-0.25, -0.2) is 18.7 Å². The SMILES string of the molecule is CN=Cc1nc(NC2CCC(F)(F)CC2)c2ccn([C@@H]3O[C@H](COCP(=O)(O)O)[C@@H](O)[C@H]3O)c2n1. The Morgan fingerprint density at radius 2 is 2.03 bits per heavy atom. The molecule has 2 aromatic heterocycles. The van der Waals surface area contributed by atoms with E-state index in [9.17, 15) is 23.6 Å². The summed E-state index contributed by atoms with van der Waals surface area (Å²) < 4.78 is 50.3. The summed E-state index contributed by atoms with van der Waals surface area (Å²) in [5, 5.41) is 24.8. The second-order valence-corrected chi connectivity index (χ2v) is 10.4. The number of alkyl halides is 2. The van der Waals surface area contributed by atoms with Crippen molar-refractivity contribution in [1.82, 2.24) is 14.5 Å². The molecule has 0 amide bonds. The van der Waals surface area contributed by atoms with Gasteiger partial charge in [0.05, 0.1) is 18.2 Å². The van der Waals surface area contributed by atoms with E-state index in [1.54, 1.807) is 19.3 Å². The molecule has 1 saturated carbocycles. The van der Waals surface area contributed by atoms with Crippen molar-refractivity contribution in [3.05, 3.63) is 18.1 Å². The zero-order chi connectivity index (χ0) is 25.4. The Balaban J connectivity index is 1.58. The number of nitrogens with one attached hydrogen (secondary N) is 1. The maximum absolute atomic E-state index is 13.6. The van der Waals surface area contributed by atoms with Gasteiger partial charge in [0.1, 0.15) is 36.1 Å². The molecule has 0 radical (unpaired) electrons. The van der Waals surface area contributed by atoms with Crippen molar-refractivity contribution in [1.29, 1.82) is 0 Å². The number of aliphatic hydroxyl groups excluding tert-OH is 2. The molecular formula is C20H28F2N5O7P. The van der Waals surface area contributed by atoms with Crippen molar-refractivity contribution in [3.63, 3.8) is 0 Å². The lowest BCUT2D eigenvalue weighted by Crippen LogP contribution is -2.34. The van der Waals surface area contributed by atoms with Crippen LogP contribution in [0.3, 0.4) is 0 Å². The van der Waals surface area contributed by atoms with E-state index in [4.69, 9.17) is 19.3 Å². The minimum atomic E-state index is -4.40. The van der Waals surface area contributed by atoms with Gasteiger partial charge in [-0.05, 0) is 18.9 Å². The summed E-state index contributed by atoms with van der Waals surface area (Å²) in [6.07, 6.45) is -2.58. The monoisotopic (exact) mass is 519 g/mol. The topological polar surface area (TPSA) is 172 Å². The van der Waals surface area contributed by atoms with Gasteiger partial charge in [-0.1, -0.05) is 0 Å². The summed E-state index contributed by atoms with van der Waals surface area (Å²) in [6, 6.07) is 1.48. The Bertz CT molecular complexity index is 1120. The molecule has 5 N–H and O–H groups in total. The average molecular weight is 519 g/mol. The van der Waals surface area contributed by atoms with E-state index >= 15 is 0 Å². The highest BCUT2D eigenvalue weighted by atomic mass is 31.2. The second-order valence-electron chi connectivity index (χ2n) is 8.76. The van der Waals surface area contributed by atoms with Gasteiger partial charge in [-0.3, -0.25) is 9.56 Å². The van der Waals surface area contributed by atoms with Crippen molar-refractivity contribution in [2.24, 2.45) is 4.99 Å². The highest BCUT2D eigenvalue weighted by Gasteiger charge is 2.44. The minimum absolute atomic E-state index is 0.201. The molecule has 15 heteroatoms. The van der Waals surface area contributed by atoms with Gasteiger partial charge in [0.15, 0.2) is 12.1 Å². The number of rotatable bonds is 8. The van der Waals surface area contributed by atoms with Crippen LogP contribution in [-0.4, -0.2) is 91.0 Å². The van der Waals surface area contributed by atoms with E-state index in [0.29, 0.717) is 16.9 Å². The van der Waals surface area contributed by atoms with Gasteiger partial charge in [0.25, 0.3) is 0 Å². The highest BCUT2D eigenvalue weighted by molar-refractivity contribution is 7.51. The van der Waals surface area contributed by atoms with Gasteiger partial charge < -0.3 is 39.4 Å². The molecule has 3 heterocycles. The number of aromatic nitrogens is 3. The molecule has 0 spiro atoms. The van der Waals surface area contributed by atoms with Crippen LogP contribution >= 0.6 is 7.60 Å². The molecule has 12 nitrogen and oxygen atoms in total. The van der Waals surface area contributed by atoms with E-state index in [1.807, 2.05) is 0 Å². The van der Waals surface area contributed by atoms with Gasteiger partial charge in [0, 0.05) is 32.1 Å². The first-order valence-electron chi connectivity index (χ1n) is 11.1. The highest BCUT2D eigenvalue weighted by Crippen LogP contribution is 2.38. The number of halogens is 2. The molecule has 1 saturated heterocycles. The van der Waals surface area contributed by atoms with Crippen molar-refractivity contribution in [3.8, 4) is 0 Å². The molecule has 1 aliphatic heterocycles. The van der Waals surface area contributed by atoms with Crippen LogP contribution in [0.5, 0.6) is 0 Å². The van der Waals surface area contributed by atoms with Gasteiger partial charge >= 0.3 is 7.60 Å². The fourth-order valence-corrected chi connectivity index (χ4v) is 4.64. The maximum Gasteiger partial charge on any atom is 0.350 e. The predicted molar refractivity (Wildman–Crippen MR) is 121 cm³/mol. The third-order valence-electron chi connectivity index (χ3n) is 6.04. The second kappa shape index (κ2) is 10.1. The Morgan fingerprint density at radius 1 is 1.31 bits per heavy atom. The molecule has 194 valence electrons. The van der Waals surface area contributed by atoms with Crippen molar-refractivity contribution in [2.75, 3.05) is 25.3 Å². The molecule has 2 fully saturated rings. The van der Waals surface area contributed by atoms with E-state index in [-0.39, 0.29) is 44.2 Å². The lowest BCUT2D eigenvalue weighted by molar-refractivity contribution is -0.0610. The van der Waals surface area contributed by atoms with Gasteiger partial charge in [-0.2, -0.15) is 0 Å². The fourth-order valence-electron chi connectivity index (χ4n) is 4.30. The van der Waals surface area contributed by atoms with Crippen LogP contribution in [0.4, 0.5) is 14.6 Å². The molecular weight excluding hydrogens is 491 g/mol. The molecule has 4 atom stereocenters. The maximum atomic E-state index is 13.6. The Morgan fingerprint density at radius 3 is 2.69 bits per heavy atom. The van der Waals surface area contributed by atoms with Crippen LogP contribution in [0.25, 0.3) is 11.0 Å². The van der Waals surface area contributed by atoms with Crippen LogP contribution in [0.15, 0.2) is 17.3 Å². The minimum Gasteiger partial charge on any atom is -0.387 e. The van der Waals surface area contributed by atoms with E-state index in [1.165, 1.54) is 10.8 Å². The summed E-state index contributed by atoms with van der Waals surface area (Å²) in [5.41, 5.74) is 0.353. The lowest BCUT2D eigenvalue weighted by atomic mass is 9.92. The molecule has 0 bridgehead atoms. The summed E-state index contributed by atoms with van der Waals surface area (Å²) in [5.74, 6) is -1.99. The van der Waals surface area contributed by atoms with Crippen LogP contribution in [0.1, 0.15) is 37.7 Å². The third-order valence-corrected chi connectivity index (χ3v) is 6.56. The summed E-state index contributed by atoms with van der Waals surface area (Å²) in [7, 11) is -2.85. The van der Waals surface area contributed by atoms with E-state index in [0.717, 1.165) is 0 Å². The molecule has 2 aromatic rings. The zero-order valence-electron chi connectivity index (χ0n) is 18.9. The zero-order valence-corrected chi connectivity index (χ0v) is 19.8. The summed E-state index contributed by atoms with van der Waals surface area (Å²) in [4.78, 5) is 30.7. The first-order chi connectivity index (χ1) is 16.5.